The van der Waals surface area contributed by atoms with Gasteiger partial charge in [0.05, 0.1) is 30.6 Å². The second kappa shape index (κ2) is 8.48. The Labute approximate surface area is 164 Å². The van der Waals surface area contributed by atoms with Crippen LogP contribution in [0.25, 0.3) is 11.6 Å². The molecular formula is C17H17N5O5S. The standard InChI is InChI=1S/C17H17N5O5S/c1-3-25-14-9-11(8-12(22(23)24)15(14)26-4-2)10-18-21-16(19-20-17(21)28)13-6-5-7-27-13/h5-10H,3-4H2,1-2H3,(H,20,28)/b18-10-. The van der Waals surface area contributed by atoms with Crippen LogP contribution >= 0.6 is 12.2 Å². The second-order valence-corrected chi connectivity index (χ2v) is 5.76. The molecule has 1 aromatic carbocycles. The summed E-state index contributed by atoms with van der Waals surface area (Å²) < 4.78 is 17.8. The lowest BCUT2D eigenvalue weighted by molar-refractivity contribution is -0.385. The highest BCUT2D eigenvalue weighted by Crippen LogP contribution is 2.38. The summed E-state index contributed by atoms with van der Waals surface area (Å²) >= 11 is 5.19. The number of nitro benzene ring substituents is 1. The summed E-state index contributed by atoms with van der Waals surface area (Å²) in [6.45, 7) is 4.12. The number of nitrogens with zero attached hydrogens (tertiary/aromatic N) is 4. The number of nitrogens with one attached hydrogen (secondary N) is 1. The average Bonchev–Trinajstić information content (AvgIpc) is 3.31. The van der Waals surface area contributed by atoms with Gasteiger partial charge < -0.3 is 13.9 Å². The summed E-state index contributed by atoms with van der Waals surface area (Å²) in [5, 5.41) is 22.5. The minimum absolute atomic E-state index is 0.0858. The Balaban J connectivity index is 2.04. The number of aromatic nitrogens is 3. The van der Waals surface area contributed by atoms with Crippen LogP contribution in [0.3, 0.4) is 0 Å². The van der Waals surface area contributed by atoms with Gasteiger partial charge in [-0.1, -0.05) is 0 Å². The number of hydrogen-bond acceptors (Lipinski definition) is 8. The van der Waals surface area contributed by atoms with Crippen LogP contribution in [-0.2, 0) is 0 Å². The molecule has 2 aromatic heterocycles. The van der Waals surface area contributed by atoms with Gasteiger partial charge in [-0.2, -0.15) is 9.78 Å². The molecule has 11 heteroatoms. The summed E-state index contributed by atoms with van der Waals surface area (Å²) in [4.78, 5) is 11.0. The highest BCUT2D eigenvalue weighted by Gasteiger charge is 2.22. The number of ether oxygens (including phenoxy) is 2. The Kier molecular flexibility index (Phi) is 5.84. The summed E-state index contributed by atoms with van der Waals surface area (Å²) in [7, 11) is 0. The SMILES string of the molecule is CCOc1cc(/C=N\n2c(-c3ccco3)n[nH]c2=S)cc([N+](=O)[O-])c1OCC. The Morgan fingerprint density at radius 1 is 1.39 bits per heavy atom. The molecule has 3 rings (SSSR count). The lowest BCUT2D eigenvalue weighted by Gasteiger charge is -2.11. The van der Waals surface area contributed by atoms with Crippen molar-refractivity contribution in [2.24, 2.45) is 5.10 Å². The maximum absolute atomic E-state index is 11.5. The average molecular weight is 403 g/mol. The summed E-state index contributed by atoms with van der Waals surface area (Å²) in [5.41, 5.74) is 0.225. The van der Waals surface area contributed by atoms with E-state index in [4.69, 9.17) is 26.1 Å². The van der Waals surface area contributed by atoms with Gasteiger partial charge in [-0.15, -0.1) is 5.10 Å². The quantitative estimate of drug-likeness (QED) is 0.263. The van der Waals surface area contributed by atoms with Crippen LogP contribution in [0.4, 0.5) is 5.69 Å². The molecule has 0 aliphatic carbocycles. The number of H-pyrrole nitrogens is 1. The predicted molar refractivity (Wildman–Crippen MR) is 104 cm³/mol. The van der Waals surface area contributed by atoms with Crippen molar-refractivity contribution in [1.29, 1.82) is 0 Å². The fourth-order valence-electron chi connectivity index (χ4n) is 2.46. The van der Waals surface area contributed by atoms with E-state index in [0.717, 1.165) is 0 Å². The van der Waals surface area contributed by atoms with E-state index in [2.05, 4.69) is 15.3 Å². The summed E-state index contributed by atoms with van der Waals surface area (Å²) in [6, 6.07) is 6.39. The maximum atomic E-state index is 11.5. The molecule has 0 fully saturated rings. The molecular weight excluding hydrogens is 386 g/mol. The molecule has 0 amide bonds. The van der Waals surface area contributed by atoms with Crippen LogP contribution in [0.1, 0.15) is 19.4 Å². The molecule has 1 N–H and O–H groups in total. The van der Waals surface area contributed by atoms with Crippen molar-refractivity contribution < 1.29 is 18.8 Å². The van der Waals surface area contributed by atoms with Crippen LogP contribution in [0.5, 0.6) is 11.5 Å². The number of aromatic amines is 1. The lowest BCUT2D eigenvalue weighted by atomic mass is 10.2. The smallest absolute Gasteiger partial charge is 0.315 e. The molecule has 28 heavy (non-hydrogen) atoms. The van der Waals surface area contributed by atoms with Crippen molar-refractivity contribution in [1.82, 2.24) is 14.9 Å². The van der Waals surface area contributed by atoms with Crippen molar-refractivity contribution in [2.75, 3.05) is 13.2 Å². The molecule has 0 unspecified atom stereocenters. The number of nitro groups is 1. The molecule has 10 nitrogen and oxygen atoms in total. The van der Waals surface area contributed by atoms with Crippen molar-refractivity contribution in [3.63, 3.8) is 0 Å². The Bertz CT molecular complexity index is 1050. The van der Waals surface area contributed by atoms with Crippen LogP contribution < -0.4 is 9.47 Å². The van der Waals surface area contributed by atoms with E-state index in [-0.39, 0.29) is 28.6 Å². The Hall–Kier alpha value is -3.47. The number of hydrogen-bond donors (Lipinski definition) is 1. The van der Waals surface area contributed by atoms with Gasteiger partial charge in [0.15, 0.2) is 11.5 Å². The fraction of sp³-hybridized carbons (Fsp3) is 0.235. The van der Waals surface area contributed by atoms with Gasteiger partial charge in [0.2, 0.25) is 16.3 Å². The first kappa shape index (κ1) is 19.3. The van der Waals surface area contributed by atoms with Gasteiger partial charge in [0, 0.05) is 11.6 Å². The maximum Gasteiger partial charge on any atom is 0.315 e. The molecule has 0 aliphatic heterocycles. The van der Waals surface area contributed by atoms with E-state index in [9.17, 15) is 10.1 Å². The molecule has 0 radical (unpaired) electrons. The Morgan fingerprint density at radius 2 is 2.18 bits per heavy atom. The minimum Gasteiger partial charge on any atom is -0.490 e. The summed E-state index contributed by atoms with van der Waals surface area (Å²) in [5.74, 6) is 1.19. The first-order chi connectivity index (χ1) is 13.5. The van der Waals surface area contributed by atoms with Crippen LogP contribution in [0.15, 0.2) is 40.0 Å². The van der Waals surface area contributed by atoms with E-state index < -0.39 is 4.92 Å². The first-order valence-electron chi connectivity index (χ1n) is 8.38. The van der Waals surface area contributed by atoms with Crippen molar-refractivity contribution in [2.45, 2.75) is 13.8 Å². The molecule has 146 valence electrons. The van der Waals surface area contributed by atoms with E-state index in [1.54, 1.807) is 32.0 Å². The highest BCUT2D eigenvalue weighted by atomic mass is 32.1. The molecule has 0 bridgehead atoms. The van der Waals surface area contributed by atoms with E-state index in [1.807, 2.05) is 0 Å². The minimum atomic E-state index is -0.525. The van der Waals surface area contributed by atoms with Gasteiger partial charge in [0.1, 0.15) is 0 Å². The lowest BCUT2D eigenvalue weighted by Crippen LogP contribution is -2.03. The number of benzene rings is 1. The predicted octanol–water partition coefficient (Wildman–Crippen LogP) is 3.79. The van der Waals surface area contributed by atoms with E-state index >= 15 is 0 Å². The Morgan fingerprint density at radius 3 is 2.82 bits per heavy atom. The monoisotopic (exact) mass is 403 g/mol. The van der Waals surface area contributed by atoms with Crippen LogP contribution in [0.2, 0.25) is 0 Å². The van der Waals surface area contributed by atoms with Gasteiger partial charge in [-0.3, -0.25) is 10.1 Å². The molecule has 3 aromatic rings. The third-order valence-corrected chi connectivity index (χ3v) is 3.82. The third kappa shape index (κ3) is 3.93. The van der Waals surface area contributed by atoms with Crippen LogP contribution in [-0.4, -0.2) is 39.2 Å². The molecule has 0 atom stereocenters. The fourth-order valence-corrected chi connectivity index (χ4v) is 2.64. The van der Waals surface area contributed by atoms with Gasteiger partial charge in [0.25, 0.3) is 0 Å². The number of rotatable bonds is 8. The van der Waals surface area contributed by atoms with Gasteiger partial charge >= 0.3 is 5.69 Å². The largest absolute Gasteiger partial charge is 0.490 e. The van der Waals surface area contributed by atoms with Gasteiger partial charge in [-0.05, 0) is 44.3 Å². The van der Waals surface area contributed by atoms with E-state index in [1.165, 1.54) is 23.2 Å². The summed E-state index contributed by atoms with van der Waals surface area (Å²) in [6.07, 6.45) is 2.92. The molecule has 0 saturated heterocycles. The third-order valence-electron chi connectivity index (χ3n) is 3.56. The molecule has 0 saturated carbocycles. The molecule has 0 spiro atoms. The second-order valence-electron chi connectivity index (χ2n) is 5.38. The van der Waals surface area contributed by atoms with Crippen molar-refractivity contribution in [3.8, 4) is 23.1 Å². The molecule has 2 heterocycles. The van der Waals surface area contributed by atoms with Crippen molar-refractivity contribution >= 4 is 24.1 Å². The van der Waals surface area contributed by atoms with Gasteiger partial charge in [-0.25, -0.2) is 5.10 Å². The zero-order valence-corrected chi connectivity index (χ0v) is 15.9. The zero-order valence-electron chi connectivity index (χ0n) is 15.1. The normalized spacial score (nSPS) is 11.1. The molecule has 0 aliphatic rings. The van der Waals surface area contributed by atoms with E-state index in [0.29, 0.717) is 23.8 Å². The highest BCUT2D eigenvalue weighted by molar-refractivity contribution is 7.71. The topological polar surface area (TPSA) is 121 Å². The van der Waals surface area contributed by atoms with Crippen molar-refractivity contribution in [3.05, 3.63) is 51.0 Å². The zero-order chi connectivity index (χ0) is 20.1. The first-order valence-corrected chi connectivity index (χ1v) is 8.79. The van der Waals surface area contributed by atoms with Crippen LogP contribution in [0, 0.1) is 14.9 Å². The number of furan rings is 1.